The second kappa shape index (κ2) is 6.24. The third kappa shape index (κ3) is 3.80. The van der Waals surface area contributed by atoms with Crippen LogP contribution in [-0.2, 0) is 0 Å². The lowest BCUT2D eigenvalue weighted by Crippen LogP contribution is -1.97. The van der Waals surface area contributed by atoms with Crippen LogP contribution in [0.1, 0.15) is 29.8 Å². The van der Waals surface area contributed by atoms with Crippen LogP contribution < -0.4 is 0 Å². The second-order valence-corrected chi connectivity index (χ2v) is 5.95. The van der Waals surface area contributed by atoms with Crippen LogP contribution in [-0.4, -0.2) is 15.0 Å². The summed E-state index contributed by atoms with van der Waals surface area (Å²) in [6.07, 6.45) is -0.734. The summed E-state index contributed by atoms with van der Waals surface area (Å²) in [5.74, 6) is 0. The molecule has 1 aromatic carbocycles. The first-order valence-electron chi connectivity index (χ1n) is 6.46. The monoisotopic (exact) mass is 304 g/mol. The normalized spacial score (nSPS) is 12.2. The molecule has 0 saturated carbocycles. The molecule has 0 aliphatic carbocycles. The summed E-state index contributed by atoms with van der Waals surface area (Å²) >= 11 is 1.26. The van der Waals surface area contributed by atoms with E-state index in [1.165, 1.54) is 17.8 Å². The maximum Gasteiger partial charge on any atom is 0.283 e. The lowest BCUT2D eigenvalue weighted by atomic mass is 10.1. The highest BCUT2D eigenvalue weighted by molar-refractivity contribution is 7.99. The van der Waals surface area contributed by atoms with Gasteiger partial charge in [-0.25, -0.2) is 4.98 Å². The predicted octanol–water partition coefficient (Wildman–Crippen LogP) is 3.81. The number of aliphatic hydroxyl groups is 1. The number of hydrogen-bond acceptors (Lipinski definition) is 5. The van der Waals surface area contributed by atoms with Gasteiger partial charge in [-0.15, -0.1) is 0 Å². The third-order valence-electron chi connectivity index (χ3n) is 2.95. The summed E-state index contributed by atoms with van der Waals surface area (Å²) in [5, 5.41) is 21.5. The summed E-state index contributed by atoms with van der Waals surface area (Å²) in [4.78, 5) is 15.7. The van der Waals surface area contributed by atoms with Crippen LogP contribution in [0.4, 0.5) is 5.69 Å². The molecule has 2 aromatic rings. The molecule has 1 unspecified atom stereocenters. The third-order valence-corrected chi connectivity index (χ3v) is 3.93. The van der Waals surface area contributed by atoms with Crippen LogP contribution in [0.15, 0.2) is 40.3 Å². The molecule has 21 heavy (non-hydrogen) atoms. The van der Waals surface area contributed by atoms with Crippen LogP contribution in [0, 0.1) is 24.0 Å². The van der Waals surface area contributed by atoms with Gasteiger partial charge in [0.2, 0.25) is 0 Å². The Labute approximate surface area is 127 Å². The second-order valence-electron chi connectivity index (χ2n) is 4.89. The molecule has 110 valence electrons. The Morgan fingerprint density at radius 2 is 2.00 bits per heavy atom. The number of rotatable bonds is 4. The molecule has 0 saturated heterocycles. The van der Waals surface area contributed by atoms with Gasteiger partial charge >= 0.3 is 0 Å². The molecule has 0 spiro atoms. The van der Waals surface area contributed by atoms with E-state index in [2.05, 4.69) is 4.98 Å². The average Bonchev–Trinajstić information content (AvgIpc) is 2.37. The molecule has 5 nitrogen and oxygen atoms in total. The largest absolute Gasteiger partial charge is 0.389 e. The van der Waals surface area contributed by atoms with E-state index in [4.69, 9.17) is 0 Å². The molecular formula is C15H16N2O3S. The maximum absolute atomic E-state index is 11.2. The number of hydrogen-bond donors (Lipinski definition) is 1. The smallest absolute Gasteiger partial charge is 0.283 e. The lowest BCUT2D eigenvalue weighted by Gasteiger charge is -2.08. The van der Waals surface area contributed by atoms with Crippen LogP contribution in [0.3, 0.4) is 0 Å². The van der Waals surface area contributed by atoms with Gasteiger partial charge < -0.3 is 5.11 Å². The van der Waals surface area contributed by atoms with Gasteiger partial charge in [0.05, 0.1) is 15.9 Å². The van der Waals surface area contributed by atoms with Crippen molar-refractivity contribution in [1.82, 2.24) is 4.98 Å². The SMILES string of the molecule is Cc1cc(C)nc(Sc2ccc(C(C)O)cc2[N+](=O)[O-])c1. The van der Waals surface area contributed by atoms with E-state index >= 15 is 0 Å². The Morgan fingerprint density at radius 1 is 1.29 bits per heavy atom. The van der Waals surface area contributed by atoms with Crippen molar-refractivity contribution in [1.29, 1.82) is 0 Å². The predicted molar refractivity (Wildman–Crippen MR) is 81.6 cm³/mol. The fourth-order valence-electron chi connectivity index (χ4n) is 1.99. The van der Waals surface area contributed by atoms with E-state index in [0.29, 0.717) is 10.5 Å². The van der Waals surface area contributed by atoms with E-state index in [0.717, 1.165) is 16.3 Å². The fraction of sp³-hybridized carbons (Fsp3) is 0.267. The van der Waals surface area contributed by atoms with Gasteiger partial charge in [-0.2, -0.15) is 0 Å². The van der Waals surface area contributed by atoms with Crippen molar-refractivity contribution in [3.05, 3.63) is 57.3 Å². The number of aliphatic hydroxyl groups excluding tert-OH is 1. The minimum absolute atomic E-state index is 0.0145. The van der Waals surface area contributed by atoms with Gasteiger partial charge in [0.25, 0.3) is 5.69 Å². The van der Waals surface area contributed by atoms with Crippen molar-refractivity contribution >= 4 is 17.4 Å². The number of nitrogens with zero attached hydrogens (tertiary/aromatic N) is 2. The van der Waals surface area contributed by atoms with Gasteiger partial charge in [0.1, 0.15) is 5.03 Å². The van der Waals surface area contributed by atoms with Crippen molar-refractivity contribution in [2.45, 2.75) is 36.8 Å². The van der Waals surface area contributed by atoms with Crippen molar-refractivity contribution in [3.8, 4) is 0 Å². The molecule has 1 atom stereocenters. The molecule has 6 heteroatoms. The number of nitro groups is 1. The average molecular weight is 304 g/mol. The van der Waals surface area contributed by atoms with Crippen LogP contribution in [0.5, 0.6) is 0 Å². The molecular weight excluding hydrogens is 288 g/mol. The van der Waals surface area contributed by atoms with Crippen LogP contribution in [0.2, 0.25) is 0 Å². The van der Waals surface area contributed by atoms with Crippen molar-refractivity contribution in [2.75, 3.05) is 0 Å². The van der Waals surface area contributed by atoms with E-state index in [1.807, 2.05) is 26.0 Å². The number of aryl methyl sites for hydroxylation is 2. The Morgan fingerprint density at radius 3 is 2.57 bits per heavy atom. The highest BCUT2D eigenvalue weighted by Gasteiger charge is 2.18. The highest BCUT2D eigenvalue weighted by Crippen LogP contribution is 2.35. The zero-order valence-corrected chi connectivity index (χ0v) is 12.8. The highest BCUT2D eigenvalue weighted by atomic mass is 32.2. The fourth-order valence-corrected chi connectivity index (χ4v) is 3.03. The Balaban J connectivity index is 2.41. The van der Waals surface area contributed by atoms with Gasteiger partial charge in [-0.05, 0) is 50.1 Å². The minimum Gasteiger partial charge on any atom is -0.389 e. The number of nitro benzene ring substituents is 1. The van der Waals surface area contributed by atoms with Crippen LogP contribution in [0.25, 0.3) is 0 Å². The van der Waals surface area contributed by atoms with Gasteiger partial charge in [0.15, 0.2) is 0 Å². The summed E-state index contributed by atoms with van der Waals surface area (Å²) in [7, 11) is 0. The standard InChI is InChI=1S/C15H16N2O3S/c1-9-6-10(2)16-15(7-9)21-14-5-4-12(11(3)18)8-13(14)17(19)20/h4-8,11,18H,1-3H3. The number of aromatic nitrogens is 1. The van der Waals surface area contributed by atoms with Gasteiger partial charge in [-0.1, -0.05) is 17.8 Å². The zero-order valence-electron chi connectivity index (χ0n) is 12.0. The Kier molecular flexibility index (Phi) is 4.59. The molecule has 1 heterocycles. The molecule has 1 aromatic heterocycles. The minimum atomic E-state index is -0.734. The molecule has 1 N–H and O–H groups in total. The first-order valence-corrected chi connectivity index (χ1v) is 7.28. The molecule has 0 fully saturated rings. The van der Waals surface area contributed by atoms with Gasteiger partial charge in [-0.3, -0.25) is 10.1 Å². The van der Waals surface area contributed by atoms with E-state index in [-0.39, 0.29) is 5.69 Å². The topological polar surface area (TPSA) is 76.3 Å². The first-order chi connectivity index (χ1) is 9.86. The van der Waals surface area contributed by atoms with Crippen molar-refractivity contribution in [3.63, 3.8) is 0 Å². The first kappa shape index (κ1) is 15.5. The summed E-state index contributed by atoms with van der Waals surface area (Å²) < 4.78 is 0. The van der Waals surface area contributed by atoms with Gasteiger partial charge in [0, 0.05) is 11.8 Å². The van der Waals surface area contributed by atoms with E-state index in [1.54, 1.807) is 19.1 Å². The molecule has 0 aliphatic rings. The molecule has 0 radical (unpaired) electrons. The Bertz CT molecular complexity index is 666. The molecule has 0 aliphatic heterocycles. The van der Waals surface area contributed by atoms with Crippen LogP contribution >= 0.6 is 11.8 Å². The maximum atomic E-state index is 11.2. The quantitative estimate of drug-likeness (QED) is 0.686. The summed E-state index contributed by atoms with van der Waals surface area (Å²) in [6.45, 7) is 5.43. The molecule has 0 bridgehead atoms. The Hall–Kier alpha value is -1.92. The molecule has 2 rings (SSSR count). The van der Waals surface area contributed by atoms with Crippen molar-refractivity contribution in [2.24, 2.45) is 0 Å². The van der Waals surface area contributed by atoms with E-state index in [9.17, 15) is 15.2 Å². The molecule has 0 amide bonds. The van der Waals surface area contributed by atoms with E-state index < -0.39 is 11.0 Å². The lowest BCUT2D eigenvalue weighted by molar-refractivity contribution is -0.387. The number of pyridine rings is 1. The summed E-state index contributed by atoms with van der Waals surface area (Å²) in [6, 6.07) is 8.61. The zero-order chi connectivity index (χ0) is 15.6. The van der Waals surface area contributed by atoms with Crippen molar-refractivity contribution < 1.29 is 10.0 Å². The summed E-state index contributed by atoms with van der Waals surface area (Å²) in [5.41, 5.74) is 2.45. The number of benzene rings is 1.